The Hall–Kier alpha value is -0.920. The molecule has 0 amide bonds. The summed E-state index contributed by atoms with van der Waals surface area (Å²) in [6, 6.07) is 0.0579. The van der Waals surface area contributed by atoms with Gasteiger partial charge < -0.3 is 9.88 Å². The van der Waals surface area contributed by atoms with Crippen molar-refractivity contribution in [2.75, 3.05) is 20.1 Å². The van der Waals surface area contributed by atoms with E-state index in [0.29, 0.717) is 5.03 Å². The Labute approximate surface area is 107 Å². The van der Waals surface area contributed by atoms with Gasteiger partial charge in [-0.15, -0.1) is 0 Å². The summed E-state index contributed by atoms with van der Waals surface area (Å²) in [5.74, 6) is 0.895. The smallest absolute Gasteiger partial charge is 0.260 e. The highest BCUT2D eigenvalue weighted by molar-refractivity contribution is 7.89. The third kappa shape index (κ3) is 1.77. The molecule has 0 aliphatic carbocycles. The van der Waals surface area contributed by atoms with Gasteiger partial charge in [-0.05, 0) is 19.4 Å². The van der Waals surface area contributed by atoms with Crippen molar-refractivity contribution >= 4 is 10.0 Å². The van der Waals surface area contributed by atoms with E-state index in [1.165, 1.54) is 10.5 Å². The van der Waals surface area contributed by atoms with E-state index in [9.17, 15) is 8.42 Å². The summed E-state index contributed by atoms with van der Waals surface area (Å²) in [7, 11) is -1.74. The summed E-state index contributed by atoms with van der Waals surface area (Å²) in [6.45, 7) is 2.38. The predicted molar refractivity (Wildman–Crippen MR) is 66.8 cm³/mol. The topological polar surface area (TPSA) is 67.2 Å². The summed E-state index contributed by atoms with van der Waals surface area (Å²) in [6.07, 6.45) is 4.24. The van der Waals surface area contributed by atoms with Crippen molar-refractivity contribution in [1.82, 2.24) is 19.2 Å². The van der Waals surface area contributed by atoms with E-state index in [1.54, 1.807) is 7.05 Å². The number of hydrogen-bond acceptors (Lipinski definition) is 4. The minimum atomic E-state index is -3.41. The molecule has 1 aromatic rings. The Bertz CT molecular complexity index is 545. The van der Waals surface area contributed by atoms with Crippen molar-refractivity contribution in [3.05, 3.63) is 12.0 Å². The summed E-state index contributed by atoms with van der Waals surface area (Å²) in [5.41, 5.74) is 0. The first-order valence-corrected chi connectivity index (χ1v) is 7.78. The minimum absolute atomic E-state index is 0.0579. The van der Waals surface area contributed by atoms with Crippen LogP contribution in [0.15, 0.2) is 11.2 Å². The van der Waals surface area contributed by atoms with E-state index in [4.69, 9.17) is 0 Å². The van der Waals surface area contributed by atoms with Crippen LogP contribution in [0.2, 0.25) is 0 Å². The molecule has 2 aliphatic rings. The molecule has 0 spiro atoms. The first-order chi connectivity index (χ1) is 8.60. The van der Waals surface area contributed by atoms with Crippen LogP contribution >= 0.6 is 0 Å². The van der Waals surface area contributed by atoms with Crippen LogP contribution in [-0.4, -0.2) is 48.5 Å². The van der Waals surface area contributed by atoms with Crippen LogP contribution in [0.25, 0.3) is 0 Å². The second-order valence-corrected chi connectivity index (χ2v) is 6.88. The third-order valence-electron chi connectivity index (χ3n) is 3.88. The van der Waals surface area contributed by atoms with Crippen molar-refractivity contribution in [1.29, 1.82) is 0 Å². The molecule has 1 N–H and O–H groups in total. The van der Waals surface area contributed by atoms with Crippen LogP contribution in [0.5, 0.6) is 0 Å². The third-order valence-corrected chi connectivity index (χ3v) is 5.79. The van der Waals surface area contributed by atoms with E-state index in [2.05, 4.69) is 10.3 Å². The van der Waals surface area contributed by atoms with Gasteiger partial charge in [0.05, 0.1) is 6.20 Å². The lowest BCUT2D eigenvalue weighted by Gasteiger charge is -2.23. The Morgan fingerprint density at radius 2 is 2.39 bits per heavy atom. The van der Waals surface area contributed by atoms with Crippen molar-refractivity contribution in [3.63, 3.8) is 0 Å². The molecular formula is C11H18N4O2S. The minimum Gasteiger partial charge on any atom is -0.318 e. The van der Waals surface area contributed by atoms with Crippen molar-refractivity contribution in [3.8, 4) is 0 Å². The monoisotopic (exact) mass is 270 g/mol. The maximum atomic E-state index is 12.6. The fourth-order valence-electron chi connectivity index (χ4n) is 2.73. The second kappa shape index (κ2) is 4.32. The normalized spacial score (nSPS) is 23.8. The van der Waals surface area contributed by atoms with Gasteiger partial charge in [-0.3, -0.25) is 0 Å². The highest BCUT2D eigenvalue weighted by atomic mass is 32.2. The van der Waals surface area contributed by atoms with E-state index in [0.717, 1.165) is 44.7 Å². The van der Waals surface area contributed by atoms with Crippen molar-refractivity contribution < 1.29 is 8.42 Å². The largest absolute Gasteiger partial charge is 0.318 e. The molecule has 1 saturated heterocycles. The van der Waals surface area contributed by atoms with Crippen molar-refractivity contribution in [2.24, 2.45) is 0 Å². The summed E-state index contributed by atoms with van der Waals surface area (Å²) in [5, 5.41) is 3.55. The molecule has 6 nitrogen and oxygen atoms in total. The van der Waals surface area contributed by atoms with Crippen LogP contribution in [0.1, 0.15) is 18.7 Å². The highest BCUT2D eigenvalue weighted by Gasteiger charge is 2.33. The number of hydrogen-bond donors (Lipinski definition) is 1. The molecule has 1 fully saturated rings. The molecule has 3 heterocycles. The zero-order valence-corrected chi connectivity index (χ0v) is 11.3. The maximum absolute atomic E-state index is 12.6. The van der Waals surface area contributed by atoms with Crippen LogP contribution in [0.4, 0.5) is 0 Å². The van der Waals surface area contributed by atoms with Gasteiger partial charge in [-0.2, -0.15) is 4.31 Å². The zero-order valence-electron chi connectivity index (χ0n) is 10.5. The fourth-order valence-corrected chi connectivity index (χ4v) is 4.26. The van der Waals surface area contributed by atoms with Gasteiger partial charge in [0.2, 0.25) is 0 Å². The average Bonchev–Trinajstić information content (AvgIpc) is 3.04. The number of likely N-dealkylation sites (N-methyl/N-ethyl adjacent to an activating group) is 1. The number of imidazole rings is 1. The number of rotatable bonds is 3. The lowest BCUT2D eigenvalue weighted by atomic mass is 10.3. The van der Waals surface area contributed by atoms with Crippen LogP contribution in [0.3, 0.4) is 0 Å². The number of fused-ring (bicyclic) bond motifs is 1. The lowest BCUT2D eigenvalue weighted by molar-refractivity contribution is 0.383. The molecule has 1 atom stereocenters. The molecule has 2 aliphatic heterocycles. The van der Waals surface area contributed by atoms with Crippen molar-refractivity contribution in [2.45, 2.75) is 36.9 Å². The average molecular weight is 270 g/mol. The maximum Gasteiger partial charge on any atom is 0.260 e. The van der Waals surface area contributed by atoms with E-state index in [1.807, 2.05) is 4.57 Å². The Balaban J connectivity index is 1.93. The molecule has 100 valence electrons. The SMILES string of the molecule is CN(C1CCNC1)S(=O)(=O)c1cnc2n1CCC2. The van der Waals surface area contributed by atoms with Gasteiger partial charge in [-0.1, -0.05) is 0 Å². The standard InChI is InChI=1S/C11H18N4O2S/c1-14(9-4-5-12-7-9)18(16,17)11-8-13-10-3-2-6-15(10)11/h8-9,12H,2-7H2,1H3. The summed E-state index contributed by atoms with van der Waals surface area (Å²) in [4.78, 5) is 4.21. The molecule has 18 heavy (non-hydrogen) atoms. The molecule has 0 bridgehead atoms. The van der Waals surface area contributed by atoms with Gasteiger partial charge in [0.1, 0.15) is 5.82 Å². The molecule has 1 unspecified atom stereocenters. The van der Waals surface area contributed by atoms with Crippen LogP contribution < -0.4 is 5.32 Å². The zero-order chi connectivity index (χ0) is 12.8. The number of sulfonamides is 1. The Morgan fingerprint density at radius 3 is 3.11 bits per heavy atom. The first-order valence-electron chi connectivity index (χ1n) is 6.34. The highest BCUT2D eigenvalue weighted by Crippen LogP contribution is 2.24. The lowest BCUT2D eigenvalue weighted by Crippen LogP contribution is -2.39. The fraction of sp³-hybridized carbons (Fsp3) is 0.727. The number of nitrogens with one attached hydrogen (secondary N) is 1. The Kier molecular flexibility index (Phi) is 2.91. The predicted octanol–water partition coefficient (Wildman–Crippen LogP) is -0.188. The molecule has 1 aromatic heterocycles. The molecule has 7 heteroatoms. The molecule has 0 radical (unpaired) electrons. The van der Waals surface area contributed by atoms with Gasteiger partial charge in [0, 0.05) is 32.6 Å². The first kappa shape index (κ1) is 12.1. The van der Waals surface area contributed by atoms with Gasteiger partial charge in [0.15, 0.2) is 5.03 Å². The quantitative estimate of drug-likeness (QED) is 0.827. The Morgan fingerprint density at radius 1 is 1.56 bits per heavy atom. The molecule has 3 rings (SSSR count). The number of nitrogens with zero attached hydrogens (tertiary/aromatic N) is 3. The number of aryl methyl sites for hydroxylation is 1. The molecular weight excluding hydrogens is 252 g/mol. The summed E-state index contributed by atoms with van der Waals surface area (Å²) >= 11 is 0. The molecule has 0 aromatic carbocycles. The van der Waals surface area contributed by atoms with Gasteiger partial charge in [-0.25, -0.2) is 13.4 Å². The van der Waals surface area contributed by atoms with E-state index >= 15 is 0 Å². The van der Waals surface area contributed by atoms with E-state index < -0.39 is 10.0 Å². The molecule has 0 saturated carbocycles. The van der Waals surface area contributed by atoms with E-state index in [-0.39, 0.29) is 6.04 Å². The number of aromatic nitrogens is 2. The van der Waals surface area contributed by atoms with Crippen LogP contribution in [-0.2, 0) is 23.0 Å². The summed E-state index contributed by atoms with van der Waals surface area (Å²) < 4.78 is 28.5. The van der Waals surface area contributed by atoms with Crippen LogP contribution in [0, 0.1) is 0 Å². The second-order valence-electron chi connectivity index (χ2n) is 4.94. The van der Waals surface area contributed by atoms with Gasteiger partial charge >= 0.3 is 0 Å². The van der Waals surface area contributed by atoms with Gasteiger partial charge in [0.25, 0.3) is 10.0 Å².